The number of nitrogens with one attached hydrogen (secondary N) is 1. The summed E-state index contributed by atoms with van der Waals surface area (Å²) in [7, 11) is -3.52. The number of hydrogen-bond donors (Lipinski definition) is 1. The van der Waals surface area contributed by atoms with Gasteiger partial charge in [-0.05, 0) is 56.2 Å². The average Bonchev–Trinajstić information content (AvgIpc) is 3.43. The number of anilines is 1. The molecule has 1 amide bonds. The van der Waals surface area contributed by atoms with Gasteiger partial charge in [0.15, 0.2) is 11.2 Å². The molecule has 2 aromatic carbocycles. The van der Waals surface area contributed by atoms with Crippen molar-refractivity contribution in [3.8, 4) is 11.8 Å². The Bertz CT molecular complexity index is 1270. The number of hydrogen-bond acceptors (Lipinski definition) is 7. The van der Waals surface area contributed by atoms with Gasteiger partial charge < -0.3 is 4.74 Å². The zero-order chi connectivity index (χ0) is 22.0. The van der Waals surface area contributed by atoms with Crippen LogP contribution in [0.5, 0.6) is 5.75 Å². The molecule has 0 spiro atoms. The predicted molar refractivity (Wildman–Crippen MR) is 117 cm³/mol. The fourth-order valence-corrected chi connectivity index (χ4v) is 5.83. The highest BCUT2D eigenvalue weighted by atomic mass is 32.2. The summed E-state index contributed by atoms with van der Waals surface area (Å²) in [5.74, 6) is 0.0223. The maximum atomic E-state index is 12.8. The lowest BCUT2D eigenvalue weighted by molar-refractivity contribution is -0.122. The van der Waals surface area contributed by atoms with Gasteiger partial charge in [0.2, 0.25) is 10.0 Å². The molecule has 4 rings (SSSR count). The molecule has 0 radical (unpaired) electrons. The van der Waals surface area contributed by atoms with Crippen molar-refractivity contribution in [3.05, 3.63) is 48.0 Å². The van der Waals surface area contributed by atoms with Gasteiger partial charge >= 0.3 is 0 Å². The molecule has 31 heavy (non-hydrogen) atoms. The molecule has 160 valence electrons. The van der Waals surface area contributed by atoms with E-state index in [9.17, 15) is 13.2 Å². The van der Waals surface area contributed by atoms with Crippen molar-refractivity contribution in [3.63, 3.8) is 0 Å². The van der Waals surface area contributed by atoms with Gasteiger partial charge in [0.1, 0.15) is 5.75 Å². The van der Waals surface area contributed by atoms with Crippen LogP contribution in [0, 0.1) is 11.3 Å². The molecule has 1 aliphatic heterocycles. The first-order valence-corrected chi connectivity index (χ1v) is 12.0. The molecule has 1 aromatic heterocycles. The Kier molecular flexibility index (Phi) is 5.91. The Morgan fingerprint density at radius 1 is 1.26 bits per heavy atom. The third kappa shape index (κ3) is 4.54. The monoisotopic (exact) mass is 456 g/mol. The molecule has 1 atom stereocenters. The van der Waals surface area contributed by atoms with Gasteiger partial charge in [-0.25, -0.2) is 13.4 Å². The molecule has 1 saturated heterocycles. The molecule has 1 unspecified atom stereocenters. The third-order valence-corrected chi connectivity index (χ3v) is 7.77. The Balaban J connectivity index is 1.48. The van der Waals surface area contributed by atoms with E-state index >= 15 is 0 Å². The molecule has 1 aliphatic rings. The van der Waals surface area contributed by atoms with Crippen molar-refractivity contribution < 1.29 is 17.9 Å². The highest BCUT2D eigenvalue weighted by Crippen LogP contribution is 2.30. The van der Waals surface area contributed by atoms with Crippen LogP contribution in [0.15, 0.2) is 47.4 Å². The molecular weight excluding hydrogens is 436 g/mol. The zero-order valence-corrected chi connectivity index (χ0v) is 18.4. The SMILES string of the molecule is CC(Oc1cccc(C#N)c1)C(=O)Nc1nc2ccc(S(=O)(=O)N3CCCC3)cc2s1. The van der Waals surface area contributed by atoms with E-state index in [2.05, 4.69) is 10.3 Å². The minimum Gasteiger partial charge on any atom is -0.481 e. The Labute approximate surface area is 184 Å². The molecule has 10 heteroatoms. The summed E-state index contributed by atoms with van der Waals surface area (Å²) < 4.78 is 33.3. The predicted octanol–water partition coefficient (Wildman–Crippen LogP) is 3.36. The second-order valence-corrected chi connectivity index (χ2v) is 10.1. The Morgan fingerprint density at radius 3 is 2.77 bits per heavy atom. The smallest absolute Gasteiger partial charge is 0.266 e. The molecule has 1 N–H and O–H groups in total. The molecule has 1 fully saturated rings. The fraction of sp³-hybridized carbons (Fsp3) is 0.286. The number of ether oxygens (including phenoxy) is 1. The summed E-state index contributed by atoms with van der Waals surface area (Å²) in [5, 5.41) is 12.0. The van der Waals surface area contributed by atoms with Crippen LogP contribution in [0.2, 0.25) is 0 Å². The number of aromatic nitrogens is 1. The largest absolute Gasteiger partial charge is 0.481 e. The molecule has 3 aromatic rings. The van der Waals surface area contributed by atoms with Crippen LogP contribution in [0.3, 0.4) is 0 Å². The Hall–Kier alpha value is -3.00. The summed E-state index contributed by atoms with van der Waals surface area (Å²) in [6.45, 7) is 2.68. The van der Waals surface area contributed by atoms with E-state index in [1.165, 1.54) is 15.6 Å². The normalized spacial score (nSPS) is 15.5. The van der Waals surface area contributed by atoms with Gasteiger partial charge in [-0.3, -0.25) is 10.1 Å². The molecular formula is C21H20N4O4S2. The van der Waals surface area contributed by atoms with Crippen molar-refractivity contribution in [2.24, 2.45) is 0 Å². The van der Waals surface area contributed by atoms with E-state index in [-0.39, 0.29) is 4.90 Å². The van der Waals surface area contributed by atoms with Crippen LogP contribution in [0.25, 0.3) is 10.2 Å². The van der Waals surface area contributed by atoms with Gasteiger partial charge in [-0.1, -0.05) is 17.4 Å². The van der Waals surface area contributed by atoms with E-state index in [1.54, 1.807) is 49.4 Å². The number of carbonyl (C=O) groups is 1. The lowest BCUT2D eigenvalue weighted by Gasteiger charge is -2.15. The highest BCUT2D eigenvalue weighted by molar-refractivity contribution is 7.89. The lowest BCUT2D eigenvalue weighted by Crippen LogP contribution is -2.30. The van der Waals surface area contributed by atoms with Crippen molar-refractivity contribution in [2.45, 2.75) is 30.8 Å². The summed E-state index contributed by atoms with van der Waals surface area (Å²) in [6.07, 6.45) is 0.936. The quantitative estimate of drug-likeness (QED) is 0.609. The maximum absolute atomic E-state index is 12.8. The van der Waals surface area contributed by atoms with Gasteiger partial charge in [0.05, 0.1) is 26.7 Å². The number of sulfonamides is 1. The molecule has 2 heterocycles. The second kappa shape index (κ2) is 8.63. The first-order chi connectivity index (χ1) is 14.9. The number of nitrogens with zero attached hydrogens (tertiary/aromatic N) is 3. The minimum atomic E-state index is -3.52. The van der Waals surface area contributed by atoms with Gasteiger partial charge in [0.25, 0.3) is 5.91 Å². The van der Waals surface area contributed by atoms with E-state index in [4.69, 9.17) is 10.00 Å². The minimum absolute atomic E-state index is 0.234. The van der Waals surface area contributed by atoms with Crippen LogP contribution in [-0.2, 0) is 14.8 Å². The number of nitriles is 1. The molecule has 0 saturated carbocycles. The first kappa shape index (κ1) is 21.2. The van der Waals surface area contributed by atoms with E-state index in [0.717, 1.165) is 12.8 Å². The van der Waals surface area contributed by atoms with Crippen molar-refractivity contribution in [1.29, 1.82) is 5.26 Å². The molecule has 0 bridgehead atoms. The van der Waals surface area contributed by atoms with Crippen LogP contribution < -0.4 is 10.1 Å². The number of fused-ring (bicyclic) bond motifs is 1. The molecule has 0 aliphatic carbocycles. The summed E-state index contributed by atoms with van der Waals surface area (Å²) in [5.41, 5.74) is 1.05. The maximum Gasteiger partial charge on any atom is 0.266 e. The van der Waals surface area contributed by atoms with E-state index < -0.39 is 22.0 Å². The average molecular weight is 457 g/mol. The number of rotatable bonds is 6. The zero-order valence-electron chi connectivity index (χ0n) is 16.7. The number of amides is 1. The van der Waals surface area contributed by atoms with E-state index in [0.29, 0.717) is 39.8 Å². The number of carbonyl (C=O) groups excluding carboxylic acids is 1. The standard InChI is InChI=1S/C21H20N4O4S2/c1-14(29-16-6-4-5-15(11-16)13-22)20(26)24-21-23-18-8-7-17(12-19(18)30-21)31(27,28)25-9-2-3-10-25/h4-8,11-12,14H,2-3,9-10H2,1H3,(H,23,24,26). The van der Waals surface area contributed by atoms with Gasteiger partial charge in [0, 0.05) is 13.1 Å². The van der Waals surface area contributed by atoms with Gasteiger partial charge in [-0.15, -0.1) is 0 Å². The van der Waals surface area contributed by atoms with Crippen LogP contribution >= 0.6 is 11.3 Å². The van der Waals surface area contributed by atoms with Crippen LogP contribution in [0.4, 0.5) is 5.13 Å². The van der Waals surface area contributed by atoms with Crippen molar-refractivity contribution in [1.82, 2.24) is 9.29 Å². The van der Waals surface area contributed by atoms with Crippen molar-refractivity contribution in [2.75, 3.05) is 18.4 Å². The fourth-order valence-electron chi connectivity index (χ4n) is 3.30. The van der Waals surface area contributed by atoms with Crippen molar-refractivity contribution >= 4 is 42.6 Å². The first-order valence-electron chi connectivity index (χ1n) is 9.75. The molecule has 8 nitrogen and oxygen atoms in total. The number of benzene rings is 2. The topological polar surface area (TPSA) is 112 Å². The second-order valence-electron chi connectivity index (χ2n) is 7.15. The third-order valence-electron chi connectivity index (χ3n) is 4.94. The van der Waals surface area contributed by atoms with E-state index in [1.807, 2.05) is 6.07 Å². The summed E-state index contributed by atoms with van der Waals surface area (Å²) >= 11 is 1.20. The number of thiazole rings is 1. The summed E-state index contributed by atoms with van der Waals surface area (Å²) in [6, 6.07) is 13.4. The highest BCUT2D eigenvalue weighted by Gasteiger charge is 2.27. The van der Waals surface area contributed by atoms with Crippen LogP contribution in [-0.4, -0.2) is 42.8 Å². The Morgan fingerprint density at radius 2 is 2.03 bits per heavy atom. The van der Waals surface area contributed by atoms with Crippen LogP contribution in [0.1, 0.15) is 25.3 Å². The summed E-state index contributed by atoms with van der Waals surface area (Å²) in [4.78, 5) is 17.1. The lowest BCUT2D eigenvalue weighted by atomic mass is 10.2. The van der Waals surface area contributed by atoms with Gasteiger partial charge in [-0.2, -0.15) is 9.57 Å².